The monoisotopic (exact) mass is 332 g/mol. The second-order valence-corrected chi connectivity index (χ2v) is 5.76. The molecule has 2 aliphatic rings. The molecule has 0 radical (unpaired) electrons. The van der Waals surface area contributed by atoms with Gasteiger partial charge in [0.25, 0.3) is 0 Å². The number of hydrogen-bond acceptors (Lipinski definition) is 6. The van der Waals surface area contributed by atoms with E-state index in [-0.39, 0.29) is 0 Å². The maximum absolute atomic E-state index is 12.4. The average molecular weight is 332 g/mol. The van der Waals surface area contributed by atoms with Gasteiger partial charge < -0.3 is 19.6 Å². The molecule has 128 valence electrons. The van der Waals surface area contributed by atoms with E-state index in [1.165, 1.54) is 4.90 Å². The van der Waals surface area contributed by atoms with Gasteiger partial charge in [-0.25, -0.2) is 9.97 Å². The van der Waals surface area contributed by atoms with Crippen molar-refractivity contribution in [2.24, 2.45) is 0 Å². The Morgan fingerprint density at radius 2 is 1.33 bits per heavy atom. The van der Waals surface area contributed by atoms with Gasteiger partial charge in [0, 0.05) is 64.8 Å². The lowest BCUT2D eigenvalue weighted by molar-refractivity contribution is -0.153. The average Bonchev–Trinajstić information content (AvgIpc) is 2.68. The summed E-state index contributed by atoms with van der Waals surface area (Å²) in [5, 5.41) is 0. The first-order chi connectivity index (χ1) is 11.7. The fourth-order valence-electron chi connectivity index (χ4n) is 2.87. The Kier molecular flexibility index (Phi) is 4.88. The minimum Gasteiger partial charge on any atom is -0.342 e. The molecule has 0 atom stereocenters. The van der Waals surface area contributed by atoms with Crippen molar-refractivity contribution in [2.45, 2.75) is 0 Å². The predicted molar refractivity (Wildman–Crippen MR) is 85.0 cm³/mol. The number of carbonyl (C=O) groups is 3. The Labute approximate surface area is 139 Å². The third-order valence-corrected chi connectivity index (χ3v) is 4.34. The highest BCUT2D eigenvalue weighted by molar-refractivity contribution is 6.35. The maximum atomic E-state index is 12.4. The molecule has 9 heteroatoms. The van der Waals surface area contributed by atoms with E-state index in [0.717, 1.165) is 6.41 Å². The Hall–Kier alpha value is -2.71. The highest BCUT2D eigenvalue weighted by atomic mass is 16.2. The highest BCUT2D eigenvalue weighted by Crippen LogP contribution is 2.11. The lowest BCUT2D eigenvalue weighted by Gasteiger charge is -2.36. The van der Waals surface area contributed by atoms with Crippen LogP contribution < -0.4 is 4.90 Å². The summed E-state index contributed by atoms with van der Waals surface area (Å²) in [5.74, 6) is -0.311. The van der Waals surface area contributed by atoms with E-state index in [1.807, 2.05) is 4.90 Å². The van der Waals surface area contributed by atoms with Crippen LogP contribution in [-0.2, 0) is 14.4 Å². The topological polar surface area (TPSA) is 90.0 Å². The number of nitrogens with zero attached hydrogens (tertiary/aromatic N) is 6. The van der Waals surface area contributed by atoms with Gasteiger partial charge >= 0.3 is 11.8 Å². The van der Waals surface area contributed by atoms with Gasteiger partial charge in [0.15, 0.2) is 0 Å². The van der Waals surface area contributed by atoms with Gasteiger partial charge in [-0.2, -0.15) is 0 Å². The summed E-state index contributed by atoms with van der Waals surface area (Å²) in [6, 6.07) is 1.76. The molecule has 0 aliphatic carbocycles. The van der Waals surface area contributed by atoms with Crippen molar-refractivity contribution in [3.05, 3.63) is 18.5 Å². The van der Waals surface area contributed by atoms with Crippen LogP contribution in [0.4, 0.5) is 5.95 Å². The standard InChI is InChI=1S/C15H20N6O3/c22-12-18-4-6-19(7-5-18)13(23)14(24)20-8-10-21(11-9-20)15-16-2-1-3-17-15/h1-3,12H,4-11H2. The lowest BCUT2D eigenvalue weighted by atomic mass is 10.2. The largest absolute Gasteiger partial charge is 0.342 e. The van der Waals surface area contributed by atoms with Crippen molar-refractivity contribution in [2.75, 3.05) is 57.3 Å². The van der Waals surface area contributed by atoms with E-state index in [2.05, 4.69) is 9.97 Å². The van der Waals surface area contributed by atoms with Crippen LogP contribution in [0, 0.1) is 0 Å². The molecule has 0 spiro atoms. The molecule has 9 nitrogen and oxygen atoms in total. The molecule has 1 aromatic rings. The molecule has 0 N–H and O–H groups in total. The number of anilines is 1. The smallest absolute Gasteiger partial charge is 0.312 e. The Morgan fingerprint density at radius 3 is 1.83 bits per heavy atom. The van der Waals surface area contributed by atoms with Crippen molar-refractivity contribution in [3.63, 3.8) is 0 Å². The summed E-state index contributed by atoms with van der Waals surface area (Å²) >= 11 is 0. The molecule has 0 unspecified atom stereocenters. The van der Waals surface area contributed by atoms with Crippen molar-refractivity contribution >= 4 is 24.2 Å². The zero-order chi connectivity index (χ0) is 16.9. The normalized spacial score (nSPS) is 18.5. The Bertz CT molecular complexity index is 594. The first kappa shape index (κ1) is 16.2. The van der Waals surface area contributed by atoms with Gasteiger partial charge in [-0.3, -0.25) is 14.4 Å². The molecule has 2 fully saturated rings. The van der Waals surface area contributed by atoms with Crippen LogP contribution in [0.25, 0.3) is 0 Å². The molecule has 0 bridgehead atoms. The highest BCUT2D eigenvalue weighted by Gasteiger charge is 2.31. The van der Waals surface area contributed by atoms with Gasteiger partial charge in [-0.15, -0.1) is 0 Å². The molecule has 1 aromatic heterocycles. The van der Waals surface area contributed by atoms with Gasteiger partial charge in [-0.05, 0) is 6.07 Å². The Morgan fingerprint density at radius 1 is 0.833 bits per heavy atom. The Balaban J connectivity index is 1.51. The number of rotatable bonds is 2. The zero-order valence-corrected chi connectivity index (χ0v) is 13.4. The molecule has 2 aliphatic heterocycles. The van der Waals surface area contributed by atoms with Crippen LogP contribution in [0.2, 0.25) is 0 Å². The molecule has 2 saturated heterocycles. The molecule has 3 amide bonds. The third-order valence-electron chi connectivity index (χ3n) is 4.34. The van der Waals surface area contributed by atoms with Crippen LogP contribution in [0.3, 0.4) is 0 Å². The zero-order valence-electron chi connectivity index (χ0n) is 13.4. The maximum Gasteiger partial charge on any atom is 0.312 e. The van der Waals surface area contributed by atoms with E-state index in [0.29, 0.717) is 58.3 Å². The first-order valence-corrected chi connectivity index (χ1v) is 7.98. The summed E-state index contributed by atoms with van der Waals surface area (Å²) in [6.45, 7) is 3.89. The van der Waals surface area contributed by atoms with Crippen LogP contribution in [0.1, 0.15) is 0 Å². The number of hydrogen-bond donors (Lipinski definition) is 0. The summed E-state index contributed by atoms with van der Waals surface area (Å²) in [7, 11) is 0. The van der Waals surface area contributed by atoms with E-state index in [9.17, 15) is 14.4 Å². The summed E-state index contributed by atoms with van der Waals surface area (Å²) in [6.07, 6.45) is 4.14. The van der Waals surface area contributed by atoms with Gasteiger partial charge in [0.05, 0.1) is 0 Å². The number of piperazine rings is 2. The minimum absolute atomic E-state index is 0.404. The quantitative estimate of drug-likeness (QED) is 0.480. The molecule has 3 heterocycles. The summed E-state index contributed by atoms with van der Waals surface area (Å²) < 4.78 is 0. The number of aromatic nitrogens is 2. The van der Waals surface area contributed by atoms with E-state index in [4.69, 9.17) is 0 Å². The summed E-state index contributed by atoms with van der Waals surface area (Å²) in [5.41, 5.74) is 0. The van der Waals surface area contributed by atoms with Gasteiger partial charge in [0.2, 0.25) is 12.4 Å². The fraction of sp³-hybridized carbons (Fsp3) is 0.533. The van der Waals surface area contributed by atoms with Crippen molar-refractivity contribution in [3.8, 4) is 0 Å². The molecule has 0 saturated carbocycles. The van der Waals surface area contributed by atoms with Gasteiger partial charge in [-0.1, -0.05) is 0 Å². The van der Waals surface area contributed by atoms with Crippen LogP contribution in [0.15, 0.2) is 18.5 Å². The molecule has 3 rings (SSSR count). The van der Waals surface area contributed by atoms with Crippen molar-refractivity contribution < 1.29 is 14.4 Å². The second-order valence-electron chi connectivity index (χ2n) is 5.76. The molecular formula is C15H20N6O3. The number of amides is 3. The second kappa shape index (κ2) is 7.24. The predicted octanol–water partition coefficient (Wildman–Crippen LogP) is -1.57. The fourth-order valence-corrected chi connectivity index (χ4v) is 2.87. The first-order valence-electron chi connectivity index (χ1n) is 7.98. The van der Waals surface area contributed by atoms with Crippen molar-refractivity contribution in [1.82, 2.24) is 24.7 Å². The number of carbonyl (C=O) groups excluding carboxylic acids is 3. The lowest BCUT2D eigenvalue weighted by Crippen LogP contribution is -2.56. The molecular weight excluding hydrogens is 312 g/mol. The van der Waals surface area contributed by atoms with Crippen LogP contribution >= 0.6 is 0 Å². The third kappa shape index (κ3) is 3.44. The van der Waals surface area contributed by atoms with E-state index in [1.54, 1.807) is 28.3 Å². The molecule has 24 heavy (non-hydrogen) atoms. The van der Waals surface area contributed by atoms with E-state index < -0.39 is 11.8 Å². The minimum atomic E-state index is -0.482. The van der Waals surface area contributed by atoms with E-state index >= 15 is 0 Å². The van der Waals surface area contributed by atoms with Gasteiger partial charge in [0.1, 0.15) is 0 Å². The molecule has 0 aromatic carbocycles. The summed E-state index contributed by atoms with van der Waals surface area (Å²) in [4.78, 5) is 50.5. The van der Waals surface area contributed by atoms with Crippen molar-refractivity contribution in [1.29, 1.82) is 0 Å². The van der Waals surface area contributed by atoms with Crippen LogP contribution in [-0.4, -0.2) is 95.3 Å². The van der Waals surface area contributed by atoms with Crippen LogP contribution in [0.5, 0.6) is 0 Å². The SMILES string of the molecule is O=CN1CCN(C(=O)C(=O)N2CCN(c3ncccn3)CC2)CC1.